The second kappa shape index (κ2) is 7.20. The van der Waals surface area contributed by atoms with Crippen LogP contribution >= 0.6 is 11.6 Å². The van der Waals surface area contributed by atoms with Crippen LogP contribution in [0.25, 0.3) is 0 Å². The molecule has 1 aromatic carbocycles. The van der Waals surface area contributed by atoms with E-state index < -0.39 is 10.0 Å². The van der Waals surface area contributed by atoms with Crippen LogP contribution in [0.3, 0.4) is 0 Å². The second-order valence-electron chi connectivity index (χ2n) is 6.20. The minimum absolute atomic E-state index is 0.0274. The number of carbonyl (C=O) groups excluding carboxylic acids is 1. The minimum Gasteiger partial charge on any atom is -0.349 e. The Morgan fingerprint density at radius 3 is 2.61 bits per heavy atom. The molecule has 0 spiro atoms. The maximum absolute atomic E-state index is 12.5. The summed E-state index contributed by atoms with van der Waals surface area (Å²) in [6, 6.07) is 4.23. The summed E-state index contributed by atoms with van der Waals surface area (Å²) >= 11 is 6.09. The van der Waals surface area contributed by atoms with E-state index in [9.17, 15) is 13.2 Å². The molecule has 23 heavy (non-hydrogen) atoms. The van der Waals surface area contributed by atoms with Gasteiger partial charge in [0.25, 0.3) is 5.91 Å². The van der Waals surface area contributed by atoms with Crippen molar-refractivity contribution < 1.29 is 13.2 Å². The standard InChI is InChI=1S/C16H23ClN2O3S/c1-10-5-4-6-15(11(10)2)19-16(20)13-9-12(7-8-14(13)17)23(21,22)18-3/h7-11,15,18H,4-6H2,1-3H3,(H,19,20). The van der Waals surface area contributed by atoms with Gasteiger partial charge in [-0.15, -0.1) is 0 Å². The van der Waals surface area contributed by atoms with Crippen molar-refractivity contribution in [2.45, 2.75) is 44.0 Å². The first-order valence-corrected chi connectivity index (χ1v) is 9.66. The lowest BCUT2D eigenvalue weighted by Gasteiger charge is -2.34. The van der Waals surface area contributed by atoms with Crippen LogP contribution in [0.5, 0.6) is 0 Å². The Morgan fingerprint density at radius 2 is 1.96 bits per heavy atom. The Hall–Kier alpha value is -1.11. The Labute approximate surface area is 142 Å². The van der Waals surface area contributed by atoms with E-state index in [0.717, 1.165) is 12.8 Å². The molecule has 1 aliphatic carbocycles. The van der Waals surface area contributed by atoms with E-state index in [2.05, 4.69) is 23.9 Å². The fraction of sp³-hybridized carbons (Fsp3) is 0.562. The summed E-state index contributed by atoms with van der Waals surface area (Å²) in [5.74, 6) is 0.616. The molecule has 0 heterocycles. The first-order chi connectivity index (χ1) is 10.8. The fourth-order valence-electron chi connectivity index (χ4n) is 3.00. The quantitative estimate of drug-likeness (QED) is 0.869. The van der Waals surface area contributed by atoms with Gasteiger partial charge in [0.15, 0.2) is 0 Å². The zero-order valence-corrected chi connectivity index (χ0v) is 15.2. The molecule has 0 radical (unpaired) electrons. The van der Waals surface area contributed by atoms with Crippen LogP contribution in [-0.4, -0.2) is 27.4 Å². The van der Waals surface area contributed by atoms with Crippen LogP contribution in [0.4, 0.5) is 0 Å². The molecule has 0 bridgehead atoms. The molecule has 7 heteroatoms. The fourth-order valence-corrected chi connectivity index (χ4v) is 3.95. The van der Waals surface area contributed by atoms with Crippen molar-refractivity contribution in [2.24, 2.45) is 11.8 Å². The first-order valence-electron chi connectivity index (χ1n) is 7.80. The van der Waals surface area contributed by atoms with Crippen LogP contribution in [-0.2, 0) is 10.0 Å². The average Bonchev–Trinajstić information content (AvgIpc) is 2.52. The molecule has 1 amide bonds. The number of sulfonamides is 1. The minimum atomic E-state index is -3.61. The summed E-state index contributed by atoms with van der Waals surface area (Å²) in [6.07, 6.45) is 3.19. The van der Waals surface area contributed by atoms with Crippen molar-refractivity contribution >= 4 is 27.5 Å². The van der Waals surface area contributed by atoms with Crippen LogP contribution in [0.1, 0.15) is 43.5 Å². The lowest BCUT2D eigenvalue weighted by Crippen LogP contribution is -2.43. The molecule has 0 aromatic heterocycles. The monoisotopic (exact) mass is 358 g/mol. The highest BCUT2D eigenvalue weighted by Crippen LogP contribution is 2.30. The zero-order valence-electron chi connectivity index (χ0n) is 13.6. The van der Waals surface area contributed by atoms with Crippen LogP contribution < -0.4 is 10.0 Å². The van der Waals surface area contributed by atoms with Gasteiger partial charge in [-0.05, 0) is 43.5 Å². The van der Waals surface area contributed by atoms with Gasteiger partial charge >= 0.3 is 0 Å². The predicted molar refractivity (Wildman–Crippen MR) is 91.1 cm³/mol. The van der Waals surface area contributed by atoms with Gasteiger partial charge < -0.3 is 5.32 Å². The Morgan fingerprint density at radius 1 is 1.26 bits per heavy atom. The van der Waals surface area contributed by atoms with Crippen molar-refractivity contribution in [3.05, 3.63) is 28.8 Å². The van der Waals surface area contributed by atoms with Gasteiger partial charge in [0.05, 0.1) is 15.5 Å². The van der Waals surface area contributed by atoms with Gasteiger partial charge in [0.2, 0.25) is 10.0 Å². The second-order valence-corrected chi connectivity index (χ2v) is 8.49. The van der Waals surface area contributed by atoms with E-state index >= 15 is 0 Å². The van der Waals surface area contributed by atoms with E-state index in [4.69, 9.17) is 11.6 Å². The summed E-state index contributed by atoms with van der Waals surface area (Å²) in [5, 5.41) is 3.26. The van der Waals surface area contributed by atoms with E-state index in [1.54, 1.807) is 0 Å². The highest BCUT2D eigenvalue weighted by Gasteiger charge is 2.29. The molecule has 2 N–H and O–H groups in total. The molecule has 3 unspecified atom stereocenters. The van der Waals surface area contributed by atoms with Gasteiger partial charge in [0, 0.05) is 6.04 Å². The number of nitrogens with one attached hydrogen (secondary N) is 2. The lowest BCUT2D eigenvalue weighted by atomic mass is 9.78. The van der Waals surface area contributed by atoms with Crippen molar-refractivity contribution in [2.75, 3.05) is 7.05 Å². The number of halogens is 1. The summed E-state index contributed by atoms with van der Waals surface area (Å²) < 4.78 is 26.0. The van der Waals surface area contributed by atoms with Crippen molar-refractivity contribution in [1.29, 1.82) is 0 Å². The Bertz CT molecular complexity index is 691. The van der Waals surface area contributed by atoms with E-state index in [1.165, 1.54) is 31.7 Å². The van der Waals surface area contributed by atoms with Crippen LogP contribution in [0.15, 0.2) is 23.1 Å². The van der Waals surface area contributed by atoms with Gasteiger partial charge in [0.1, 0.15) is 0 Å². The first kappa shape index (κ1) is 18.2. The summed E-state index contributed by atoms with van der Waals surface area (Å²) in [6.45, 7) is 4.33. The topological polar surface area (TPSA) is 75.3 Å². The number of rotatable bonds is 4. The van der Waals surface area contributed by atoms with E-state index in [-0.39, 0.29) is 27.4 Å². The molecule has 1 aliphatic rings. The lowest BCUT2D eigenvalue weighted by molar-refractivity contribution is 0.0891. The van der Waals surface area contributed by atoms with Gasteiger partial charge in [-0.3, -0.25) is 4.79 Å². The highest BCUT2D eigenvalue weighted by atomic mass is 35.5. The largest absolute Gasteiger partial charge is 0.349 e. The smallest absolute Gasteiger partial charge is 0.253 e. The van der Waals surface area contributed by atoms with Gasteiger partial charge in [-0.1, -0.05) is 38.3 Å². The normalized spacial score (nSPS) is 25.1. The third-order valence-corrected chi connectivity index (χ3v) is 6.53. The van der Waals surface area contributed by atoms with Crippen molar-refractivity contribution in [1.82, 2.24) is 10.0 Å². The maximum Gasteiger partial charge on any atom is 0.253 e. The molecule has 3 atom stereocenters. The number of hydrogen-bond donors (Lipinski definition) is 2. The molecule has 0 saturated heterocycles. The molecule has 5 nitrogen and oxygen atoms in total. The van der Waals surface area contributed by atoms with Crippen molar-refractivity contribution in [3.63, 3.8) is 0 Å². The summed E-state index contributed by atoms with van der Waals surface area (Å²) in [4.78, 5) is 12.6. The third-order valence-electron chi connectivity index (χ3n) is 4.78. The van der Waals surface area contributed by atoms with Crippen LogP contribution in [0.2, 0.25) is 5.02 Å². The number of amides is 1. The molecule has 1 fully saturated rings. The number of carbonyl (C=O) groups is 1. The molecule has 1 saturated carbocycles. The van der Waals surface area contributed by atoms with E-state index in [0.29, 0.717) is 11.8 Å². The average molecular weight is 359 g/mol. The third kappa shape index (κ3) is 4.05. The Balaban J connectivity index is 2.24. The zero-order chi connectivity index (χ0) is 17.2. The highest BCUT2D eigenvalue weighted by molar-refractivity contribution is 7.89. The van der Waals surface area contributed by atoms with E-state index in [1.807, 2.05) is 0 Å². The van der Waals surface area contributed by atoms with Gasteiger partial charge in [-0.25, -0.2) is 13.1 Å². The van der Waals surface area contributed by atoms with Gasteiger partial charge in [-0.2, -0.15) is 0 Å². The predicted octanol–water partition coefficient (Wildman–Crippen LogP) is 2.80. The summed E-state index contributed by atoms with van der Waals surface area (Å²) in [5.41, 5.74) is 0.188. The molecular weight excluding hydrogens is 336 g/mol. The molecule has 0 aliphatic heterocycles. The number of hydrogen-bond acceptors (Lipinski definition) is 3. The SMILES string of the molecule is CNS(=O)(=O)c1ccc(Cl)c(C(=O)NC2CCCC(C)C2C)c1. The summed E-state index contributed by atoms with van der Waals surface area (Å²) in [7, 11) is -2.28. The number of benzene rings is 1. The van der Waals surface area contributed by atoms with Crippen molar-refractivity contribution in [3.8, 4) is 0 Å². The van der Waals surface area contributed by atoms with Crippen LogP contribution in [0, 0.1) is 11.8 Å². The maximum atomic E-state index is 12.5. The molecule has 1 aromatic rings. The molecule has 2 rings (SSSR count). The Kier molecular flexibility index (Phi) is 5.70. The molecule has 128 valence electrons. The molecular formula is C16H23ClN2O3S.